The molecule has 0 saturated carbocycles. The molecule has 1 N–H and O–H groups in total. The van der Waals surface area contributed by atoms with Gasteiger partial charge in [-0.15, -0.1) is 0 Å². The number of carbonyl (C=O) groups is 1. The maximum atomic E-state index is 11.8. The molecule has 0 bridgehead atoms. The van der Waals surface area contributed by atoms with Crippen molar-refractivity contribution in [2.24, 2.45) is 5.10 Å². The first-order chi connectivity index (χ1) is 11.5. The van der Waals surface area contributed by atoms with Crippen molar-refractivity contribution >= 4 is 18.0 Å². The molecular weight excluding hydrogens is 316 g/mol. The van der Waals surface area contributed by atoms with Crippen molar-refractivity contribution in [3.05, 3.63) is 57.8 Å². The Balaban J connectivity index is 1.87. The summed E-state index contributed by atoms with van der Waals surface area (Å²) in [5, 5.41) is 22.8. The van der Waals surface area contributed by atoms with E-state index in [0.29, 0.717) is 11.3 Å². The van der Waals surface area contributed by atoms with Gasteiger partial charge in [0.25, 0.3) is 5.91 Å². The van der Waals surface area contributed by atoms with Gasteiger partial charge in [-0.25, -0.2) is 5.43 Å². The van der Waals surface area contributed by atoms with Gasteiger partial charge >= 0.3 is 5.88 Å². The summed E-state index contributed by atoms with van der Waals surface area (Å²) in [7, 11) is 0. The molecule has 9 heteroatoms. The van der Waals surface area contributed by atoms with Gasteiger partial charge < -0.3 is 9.15 Å². The smallest absolute Gasteiger partial charge is 0.433 e. The maximum Gasteiger partial charge on any atom is 0.433 e. The van der Waals surface area contributed by atoms with Crippen LogP contribution in [0.1, 0.15) is 18.2 Å². The number of nitro groups is 1. The number of ether oxygens (including phenoxy) is 1. The second-order valence-corrected chi connectivity index (χ2v) is 4.56. The van der Waals surface area contributed by atoms with Crippen LogP contribution in [0.5, 0.6) is 5.75 Å². The van der Waals surface area contributed by atoms with Gasteiger partial charge in [0.2, 0.25) is 0 Å². The molecule has 0 aliphatic carbocycles. The third-order valence-corrected chi connectivity index (χ3v) is 2.82. The lowest BCUT2D eigenvalue weighted by Gasteiger charge is -2.12. The molecule has 2 aromatic rings. The van der Waals surface area contributed by atoms with Crippen LogP contribution in [-0.2, 0) is 4.79 Å². The van der Waals surface area contributed by atoms with E-state index in [9.17, 15) is 14.9 Å². The highest BCUT2D eigenvalue weighted by molar-refractivity contribution is 5.83. The van der Waals surface area contributed by atoms with E-state index in [0.717, 1.165) is 6.21 Å². The highest BCUT2D eigenvalue weighted by Gasteiger charge is 2.14. The summed E-state index contributed by atoms with van der Waals surface area (Å²) in [6, 6.07) is 10.8. The van der Waals surface area contributed by atoms with E-state index in [1.165, 1.54) is 19.1 Å². The van der Waals surface area contributed by atoms with Crippen molar-refractivity contribution in [1.82, 2.24) is 5.43 Å². The quantitative estimate of drug-likeness (QED) is 0.490. The van der Waals surface area contributed by atoms with E-state index in [1.807, 2.05) is 6.07 Å². The summed E-state index contributed by atoms with van der Waals surface area (Å²) < 4.78 is 10.3. The Morgan fingerprint density at radius 2 is 2.12 bits per heavy atom. The van der Waals surface area contributed by atoms with Gasteiger partial charge in [-0.1, -0.05) is 0 Å². The molecule has 1 heterocycles. The SMILES string of the molecule is CC(Oc1ccc(C#N)cc1)C(=O)NN=Cc1ccc([N+](=O)[O-])o1. The van der Waals surface area contributed by atoms with E-state index in [2.05, 4.69) is 10.5 Å². The van der Waals surface area contributed by atoms with E-state index >= 15 is 0 Å². The number of amides is 1. The molecule has 122 valence electrons. The Hall–Kier alpha value is -3.67. The number of nitriles is 1. The lowest BCUT2D eigenvalue weighted by atomic mass is 10.2. The molecule has 9 nitrogen and oxygen atoms in total. The number of nitrogens with one attached hydrogen (secondary N) is 1. The van der Waals surface area contributed by atoms with E-state index < -0.39 is 22.8 Å². The predicted octanol–water partition coefficient (Wildman–Crippen LogP) is 1.98. The van der Waals surface area contributed by atoms with Gasteiger partial charge in [-0.3, -0.25) is 14.9 Å². The first-order valence-corrected chi connectivity index (χ1v) is 6.73. The fourth-order valence-corrected chi connectivity index (χ4v) is 1.63. The lowest BCUT2D eigenvalue weighted by molar-refractivity contribution is -0.402. The van der Waals surface area contributed by atoms with Gasteiger partial charge in [0.1, 0.15) is 10.7 Å². The van der Waals surface area contributed by atoms with Crippen LogP contribution in [0.15, 0.2) is 45.9 Å². The summed E-state index contributed by atoms with van der Waals surface area (Å²) >= 11 is 0. The minimum Gasteiger partial charge on any atom is -0.481 e. The number of furan rings is 1. The summed E-state index contributed by atoms with van der Waals surface area (Å²) in [6.45, 7) is 1.53. The highest BCUT2D eigenvalue weighted by atomic mass is 16.6. The highest BCUT2D eigenvalue weighted by Crippen LogP contribution is 2.14. The second-order valence-electron chi connectivity index (χ2n) is 4.56. The van der Waals surface area contributed by atoms with Crippen LogP contribution in [0.25, 0.3) is 0 Å². The Bertz CT molecular complexity index is 804. The number of rotatable bonds is 6. The average molecular weight is 328 g/mol. The molecule has 0 aliphatic rings. The minimum atomic E-state index is -0.832. The van der Waals surface area contributed by atoms with Gasteiger partial charge in [-0.2, -0.15) is 10.4 Å². The first kappa shape index (κ1) is 16.7. The Kier molecular flexibility index (Phi) is 5.25. The number of benzene rings is 1. The Morgan fingerprint density at radius 3 is 2.71 bits per heavy atom. The van der Waals surface area contributed by atoms with Crippen LogP contribution >= 0.6 is 0 Å². The number of carbonyl (C=O) groups excluding carboxylic acids is 1. The van der Waals surface area contributed by atoms with Crippen LogP contribution in [-0.4, -0.2) is 23.1 Å². The van der Waals surface area contributed by atoms with E-state index in [4.69, 9.17) is 14.4 Å². The fourth-order valence-electron chi connectivity index (χ4n) is 1.63. The predicted molar refractivity (Wildman–Crippen MR) is 82.3 cm³/mol. The first-order valence-electron chi connectivity index (χ1n) is 6.73. The molecule has 0 spiro atoms. The van der Waals surface area contributed by atoms with E-state index in [1.54, 1.807) is 24.3 Å². The van der Waals surface area contributed by atoms with Crippen LogP contribution in [0, 0.1) is 21.4 Å². The summed E-state index contributed by atoms with van der Waals surface area (Å²) in [4.78, 5) is 21.6. The van der Waals surface area contributed by atoms with E-state index in [-0.39, 0.29) is 5.76 Å². The molecule has 1 aromatic carbocycles. The van der Waals surface area contributed by atoms with Crippen molar-refractivity contribution in [1.29, 1.82) is 5.26 Å². The second kappa shape index (κ2) is 7.55. The summed E-state index contributed by atoms with van der Waals surface area (Å²) in [5.41, 5.74) is 2.72. The molecule has 1 aromatic heterocycles. The number of nitrogens with zero attached hydrogens (tertiary/aromatic N) is 3. The molecule has 1 amide bonds. The number of hydrogen-bond acceptors (Lipinski definition) is 7. The normalized spacial score (nSPS) is 11.7. The Morgan fingerprint density at radius 1 is 1.42 bits per heavy atom. The third-order valence-electron chi connectivity index (χ3n) is 2.82. The summed E-state index contributed by atoms with van der Waals surface area (Å²) in [6.07, 6.45) is 0.306. The zero-order chi connectivity index (χ0) is 17.5. The van der Waals surface area contributed by atoms with Crippen LogP contribution in [0.3, 0.4) is 0 Å². The van der Waals surface area contributed by atoms with Crippen molar-refractivity contribution < 1.29 is 18.9 Å². The van der Waals surface area contributed by atoms with Crippen LogP contribution in [0.2, 0.25) is 0 Å². The molecule has 0 saturated heterocycles. The van der Waals surface area contributed by atoms with Gasteiger partial charge in [0, 0.05) is 0 Å². The standard InChI is InChI=1S/C15H12N4O5/c1-10(23-12-4-2-11(8-16)3-5-12)15(20)18-17-9-13-6-7-14(24-13)19(21)22/h2-7,9-10H,1H3,(H,18,20). The van der Waals surface area contributed by atoms with Gasteiger partial charge in [0.05, 0.1) is 23.9 Å². The Labute approximate surface area is 136 Å². The average Bonchev–Trinajstić information content (AvgIpc) is 3.04. The minimum absolute atomic E-state index is 0.127. The lowest BCUT2D eigenvalue weighted by Crippen LogP contribution is -2.33. The molecule has 1 unspecified atom stereocenters. The third kappa shape index (κ3) is 4.41. The van der Waals surface area contributed by atoms with Gasteiger partial charge in [-0.05, 0) is 37.3 Å². The monoisotopic (exact) mass is 328 g/mol. The van der Waals surface area contributed by atoms with Crippen LogP contribution in [0.4, 0.5) is 5.88 Å². The number of hydrogen-bond donors (Lipinski definition) is 1. The molecule has 1 atom stereocenters. The van der Waals surface area contributed by atoms with Crippen LogP contribution < -0.4 is 10.2 Å². The van der Waals surface area contributed by atoms with Gasteiger partial charge in [0.15, 0.2) is 11.9 Å². The van der Waals surface area contributed by atoms with Crippen molar-refractivity contribution in [2.45, 2.75) is 13.0 Å². The van der Waals surface area contributed by atoms with Crippen molar-refractivity contribution in [2.75, 3.05) is 0 Å². The molecule has 24 heavy (non-hydrogen) atoms. The largest absolute Gasteiger partial charge is 0.481 e. The fraction of sp³-hybridized carbons (Fsp3) is 0.133. The summed E-state index contributed by atoms with van der Waals surface area (Å²) in [5.74, 6) is -0.373. The zero-order valence-corrected chi connectivity index (χ0v) is 12.5. The van der Waals surface area contributed by atoms with Crippen molar-refractivity contribution in [3.63, 3.8) is 0 Å². The molecule has 0 fully saturated rings. The molecule has 0 aliphatic heterocycles. The molecule has 0 radical (unpaired) electrons. The number of hydrazone groups is 1. The molecular formula is C15H12N4O5. The molecule has 2 rings (SSSR count). The topological polar surface area (TPSA) is 131 Å². The zero-order valence-electron chi connectivity index (χ0n) is 12.5. The van der Waals surface area contributed by atoms with Crippen molar-refractivity contribution in [3.8, 4) is 11.8 Å². The maximum absolute atomic E-state index is 11.8.